The zero-order chi connectivity index (χ0) is 16.0. The van der Waals surface area contributed by atoms with E-state index in [0.29, 0.717) is 11.2 Å². The summed E-state index contributed by atoms with van der Waals surface area (Å²) in [6, 6.07) is 7.61. The van der Waals surface area contributed by atoms with Gasteiger partial charge in [-0.05, 0) is 36.8 Å². The van der Waals surface area contributed by atoms with Gasteiger partial charge in [-0.15, -0.1) is 0 Å². The molecule has 0 amide bonds. The number of hydrogen-bond acceptors (Lipinski definition) is 3. The molecule has 1 aromatic carbocycles. The number of aromatic nitrogens is 2. The summed E-state index contributed by atoms with van der Waals surface area (Å²) in [6.45, 7) is 1.86. The zero-order valence-corrected chi connectivity index (χ0v) is 13.6. The number of benzene rings is 1. The second kappa shape index (κ2) is 6.36. The summed E-state index contributed by atoms with van der Waals surface area (Å²) in [7, 11) is 1.78. The second-order valence-corrected chi connectivity index (χ2v) is 5.41. The Morgan fingerprint density at radius 2 is 2.00 bits per heavy atom. The van der Waals surface area contributed by atoms with Gasteiger partial charge in [0, 0.05) is 23.7 Å². The minimum Gasteiger partial charge on any atom is -0.543 e. The third-order valence-electron chi connectivity index (χ3n) is 3.74. The number of pyridine rings is 1. The maximum absolute atomic E-state index is 13.7. The largest absolute Gasteiger partial charge is 1.00 e. The minimum absolute atomic E-state index is 0. The van der Waals surface area contributed by atoms with Crippen LogP contribution in [0, 0.1) is 12.7 Å². The first-order valence-corrected chi connectivity index (χ1v) is 6.90. The van der Waals surface area contributed by atoms with Gasteiger partial charge in [0.05, 0.1) is 16.7 Å². The first kappa shape index (κ1) is 17.5. The fraction of sp³-hybridized carbons (Fsp3) is 0.125. The summed E-state index contributed by atoms with van der Waals surface area (Å²) < 4.78 is 15.5. The predicted octanol–water partition coefficient (Wildman–Crippen LogP) is -0.291. The molecule has 0 saturated carbocycles. The number of carbonyl (C=O) groups excluding carboxylic acids is 1. The molecular formula is C16H11ClFLiN2O2. The van der Waals surface area contributed by atoms with Crippen LogP contribution in [0.15, 0.2) is 30.3 Å². The van der Waals surface area contributed by atoms with E-state index in [2.05, 4.69) is 4.98 Å². The molecule has 0 aliphatic carbocycles. The summed E-state index contributed by atoms with van der Waals surface area (Å²) in [4.78, 5) is 15.1. The van der Waals surface area contributed by atoms with Crippen molar-refractivity contribution in [2.24, 2.45) is 7.05 Å². The number of nitrogens with zero attached hydrogens (tertiary/aromatic N) is 2. The molecule has 0 atom stereocenters. The van der Waals surface area contributed by atoms with E-state index in [-0.39, 0.29) is 29.6 Å². The Morgan fingerprint density at radius 1 is 1.30 bits per heavy atom. The van der Waals surface area contributed by atoms with E-state index in [1.165, 1.54) is 18.2 Å². The van der Waals surface area contributed by atoms with E-state index in [1.54, 1.807) is 23.7 Å². The van der Waals surface area contributed by atoms with Gasteiger partial charge >= 0.3 is 18.9 Å². The molecule has 0 bridgehead atoms. The average molecular weight is 325 g/mol. The van der Waals surface area contributed by atoms with Crippen LogP contribution in [0.4, 0.5) is 4.39 Å². The van der Waals surface area contributed by atoms with Crippen molar-refractivity contribution < 1.29 is 33.2 Å². The van der Waals surface area contributed by atoms with Crippen molar-refractivity contribution in [1.29, 1.82) is 0 Å². The molecule has 0 N–H and O–H groups in total. The molecule has 0 fully saturated rings. The van der Waals surface area contributed by atoms with Gasteiger partial charge in [-0.1, -0.05) is 17.7 Å². The molecule has 4 nitrogen and oxygen atoms in total. The third kappa shape index (κ3) is 2.88. The standard InChI is InChI=1S/C16H12ClFN2O2.Li/c1-8-14(9-3-5-11(17)12(18)7-9)10-4-6-13(16(21)22)19-15(10)20(8)2;/h3-7H,1-2H3,(H,21,22);/q;+1/p-1. The van der Waals surface area contributed by atoms with Crippen molar-refractivity contribution in [3.63, 3.8) is 0 Å². The first-order valence-electron chi connectivity index (χ1n) is 6.53. The van der Waals surface area contributed by atoms with E-state index in [9.17, 15) is 14.3 Å². The van der Waals surface area contributed by atoms with Crippen molar-refractivity contribution in [1.82, 2.24) is 9.55 Å². The number of fused-ring (bicyclic) bond motifs is 1. The predicted molar refractivity (Wildman–Crippen MR) is 80.2 cm³/mol. The topological polar surface area (TPSA) is 57.9 Å². The van der Waals surface area contributed by atoms with Crippen LogP contribution in [0.2, 0.25) is 5.02 Å². The van der Waals surface area contributed by atoms with Gasteiger partial charge in [-0.25, -0.2) is 9.37 Å². The molecule has 0 saturated heterocycles. The fourth-order valence-electron chi connectivity index (χ4n) is 2.55. The van der Waals surface area contributed by atoms with Gasteiger partial charge < -0.3 is 14.5 Å². The van der Waals surface area contributed by atoms with Gasteiger partial charge in [-0.3, -0.25) is 0 Å². The van der Waals surface area contributed by atoms with E-state index in [0.717, 1.165) is 16.6 Å². The van der Waals surface area contributed by atoms with Crippen LogP contribution in [-0.2, 0) is 7.05 Å². The van der Waals surface area contributed by atoms with Crippen LogP contribution in [0.1, 0.15) is 16.2 Å². The van der Waals surface area contributed by atoms with Crippen LogP contribution < -0.4 is 24.0 Å². The van der Waals surface area contributed by atoms with Crippen LogP contribution >= 0.6 is 11.6 Å². The van der Waals surface area contributed by atoms with E-state index in [1.807, 2.05) is 6.92 Å². The Kier molecular flexibility index (Phi) is 4.86. The van der Waals surface area contributed by atoms with E-state index < -0.39 is 11.8 Å². The number of rotatable bonds is 2. The summed E-state index contributed by atoms with van der Waals surface area (Å²) in [5.74, 6) is -1.84. The van der Waals surface area contributed by atoms with Crippen LogP contribution in [0.5, 0.6) is 0 Å². The number of hydrogen-bond donors (Lipinski definition) is 0. The molecule has 3 rings (SSSR count). The maximum Gasteiger partial charge on any atom is 1.00 e. The van der Waals surface area contributed by atoms with Crippen molar-refractivity contribution in [2.75, 3.05) is 0 Å². The Hall–Kier alpha value is -1.80. The quantitative estimate of drug-likeness (QED) is 0.609. The number of carboxylic acids is 1. The van der Waals surface area contributed by atoms with Crippen LogP contribution in [-0.4, -0.2) is 15.5 Å². The molecule has 0 radical (unpaired) electrons. The Balaban J connectivity index is 0.00000192. The average Bonchev–Trinajstić information content (AvgIpc) is 2.74. The Labute approximate surface area is 149 Å². The summed E-state index contributed by atoms with van der Waals surface area (Å²) in [5.41, 5.74) is 2.67. The van der Waals surface area contributed by atoms with Gasteiger partial charge in [-0.2, -0.15) is 0 Å². The van der Waals surface area contributed by atoms with Crippen LogP contribution in [0.3, 0.4) is 0 Å². The van der Waals surface area contributed by atoms with Gasteiger partial charge in [0.15, 0.2) is 0 Å². The van der Waals surface area contributed by atoms with Crippen molar-refractivity contribution >= 4 is 28.6 Å². The monoisotopic (exact) mass is 324 g/mol. The molecule has 2 heterocycles. The minimum atomic E-state index is -1.33. The van der Waals surface area contributed by atoms with Crippen molar-refractivity contribution in [3.05, 3.63) is 52.6 Å². The molecule has 0 aliphatic heterocycles. The number of carbonyl (C=O) groups is 1. The second-order valence-electron chi connectivity index (χ2n) is 5.00. The molecule has 0 aliphatic rings. The summed E-state index contributed by atoms with van der Waals surface area (Å²) >= 11 is 5.72. The van der Waals surface area contributed by atoms with E-state index in [4.69, 9.17) is 11.6 Å². The summed E-state index contributed by atoms with van der Waals surface area (Å²) in [6.07, 6.45) is 0. The fourth-order valence-corrected chi connectivity index (χ4v) is 2.67. The number of carboxylic acid groups (broad SMARTS) is 1. The maximum atomic E-state index is 13.7. The number of aryl methyl sites for hydroxylation is 1. The molecule has 2 aromatic heterocycles. The van der Waals surface area contributed by atoms with Gasteiger partial charge in [0.25, 0.3) is 0 Å². The number of aromatic carboxylic acids is 1. The normalized spacial score (nSPS) is 10.6. The molecule has 7 heteroatoms. The SMILES string of the molecule is Cc1c(-c2ccc(Cl)c(F)c2)c2ccc(C(=O)[O-])nc2n1C.[Li+]. The van der Waals surface area contributed by atoms with Crippen LogP contribution in [0.25, 0.3) is 22.2 Å². The molecule has 23 heavy (non-hydrogen) atoms. The zero-order valence-electron chi connectivity index (χ0n) is 12.9. The Bertz CT molecular complexity index is 924. The van der Waals surface area contributed by atoms with Crippen molar-refractivity contribution in [3.8, 4) is 11.1 Å². The summed E-state index contributed by atoms with van der Waals surface area (Å²) in [5, 5.41) is 11.7. The molecule has 0 spiro atoms. The van der Waals surface area contributed by atoms with Gasteiger partial charge in [0.1, 0.15) is 11.5 Å². The van der Waals surface area contributed by atoms with E-state index >= 15 is 0 Å². The molecule has 3 aromatic rings. The molecular weight excluding hydrogens is 314 g/mol. The van der Waals surface area contributed by atoms with Gasteiger partial charge in [0.2, 0.25) is 0 Å². The molecule has 0 unspecified atom stereocenters. The molecule has 112 valence electrons. The smallest absolute Gasteiger partial charge is 0.543 e. The Morgan fingerprint density at radius 3 is 2.61 bits per heavy atom. The third-order valence-corrected chi connectivity index (χ3v) is 4.05. The number of halogens is 2. The first-order chi connectivity index (χ1) is 10.4. The van der Waals surface area contributed by atoms with Crippen molar-refractivity contribution in [2.45, 2.75) is 6.92 Å².